The maximum Gasteiger partial charge on any atom is 0.160 e. The van der Waals surface area contributed by atoms with Gasteiger partial charge in [0.05, 0.1) is 17.2 Å². The molecule has 1 aliphatic carbocycles. The molecule has 2 bridgehead atoms. The number of aliphatic hydroxyl groups is 1. The van der Waals surface area contributed by atoms with Crippen molar-refractivity contribution in [3.8, 4) is 0 Å². The number of halogens is 1. The van der Waals surface area contributed by atoms with E-state index in [1.54, 1.807) is 12.1 Å². The predicted octanol–water partition coefficient (Wildman–Crippen LogP) is 3.67. The molecule has 0 radical (unpaired) electrons. The van der Waals surface area contributed by atoms with E-state index in [0.717, 1.165) is 80.2 Å². The Hall–Kier alpha value is -3.04. The number of carbonyl (C=O) groups excluding carboxylic acids is 1. The van der Waals surface area contributed by atoms with Crippen molar-refractivity contribution in [1.29, 1.82) is 0 Å². The third-order valence-corrected chi connectivity index (χ3v) is 9.07. The number of anilines is 2. The Balaban J connectivity index is 1.43. The molecule has 2 aromatic heterocycles. The molecule has 1 saturated heterocycles. The van der Waals surface area contributed by atoms with E-state index in [0.29, 0.717) is 19.6 Å². The molecule has 4 heterocycles. The van der Waals surface area contributed by atoms with Crippen molar-refractivity contribution in [3.05, 3.63) is 53.5 Å². The van der Waals surface area contributed by atoms with Crippen LogP contribution in [0.2, 0.25) is 0 Å². The molecule has 3 atom stereocenters. The van der Waals surface area contributed by atoms with Gasteiger partial charge in [-0.05, 0) is 56.8 Å². The van der Waals surface area contributed by atoms with E-state index in [9.17, 15) is 14.3 Å². The molecule has 3 aromatic rings. The quantitative estimate of drug-likeness (QED) is 0.519. The topological polar surface area (TPSA) is 86.0 Å². The third-order valence-electron chi connectivity index (χ3n) is 9.07. The van der Waals surface area contributed by atoms with E-state index in [2.05, 4.69) is 34.3 Å². The van der Waals surface area contributed by atoms with Crippen LogP contribution in [0.25, 0.3) is 5.65 Å². The maximum atomic E-state index is 14.5. The average molecular weight is 535 g/mol. The zero-order valence-electron chi connectivity index (χ0n) is 22.9. The van der Waals surface area contributed by atoms with Crippen LogP contribution in [0.5, 0.6) is 0 Å². The normalized spacial score (nSPS) is 27.2. The minimum Gasteiger partial charge on any atom is -0.389 e. The molecule has 39 heavy (non-hydrogen) atoms. The number of aromatic nitrogens is 3. The molecule has 2 N–H and O–H groups in total. The summed E-state index contributed by atoms with van der Waals surface area (Å²) in [6, 6.07) is 10.6. The van der Waals surface area contributed by atoms with Gasteiger partial charge in [0, 0.05) is 57.2 Å². The van der Waals surface area contributed by atoms with Crippen LogP contribution >= 0.6 is 0 Å². The van der Waals surface area contributed by atoms with Gasteiger partial charge in [-0.25, -0.2) is 9.37 Å². The number of fused-ring (bicyclic) bond motifs is 3. The summed E-state index contributed by atoms with van der Waals surface area (Å²) in [5, 5.41) is 18.5. The van der Waals surface area contributed by atoms with Gasteiger partial charge in [-0.3, -0.25) is 4.79 Å². The molecule has 9 heteroatoms. The molecule has 1 saturated carbocycles. The van der Waals surface area contributed by atoms with Gasteiger partial charge in [-0.1, -0.05) is 25.0 Å². The summed E-state index contributed by atoms with van der Waals surface area (Å²) < 4.78 is 15.8. The van der Waals surface area contributed by atoms with Crippen LogP contribution in [-0.2, 0) is 10.2 Å². The molecule has 1 aromatic carbocycles. The maximum absolute atomic E-state index is 14.5. The van der Waals surface area contributed by atoms with Crippen LogP contribution in [0.4, 0.5) is 16.0 Å². The highest BCUT2D eigenvalue weighted by Gasteiger charge is 2.44. The smallest absolute Gasteiger partial charge is 0.160 e. The number of β-amino-alcohol motifs (C(OH)–C–C–N with tert-alkyl or cyclic N) is 1. The standard InChI is InChI=1S/C30H39FN6O2/c1-30(20-9-11-21(31)12-10-20)19-32-13-5-6-14-35(2)28-16-26(36-17-22(38)18-36)33-27-15-25(34-37(27)28)23-7-3-4-8-24(23)29(30)39/h9-12,15-16,22-24,32,38H,3-8,13-14,17-19H2,1-2H3. The number of benzene rings is 1. The molecule has 0 spiro atoms. The van der Waals surface area contributed by atoms with Crippen molar-refractivity contribution in [2.24, 2.45) is 5.92 Å². The van der Waals surface area contributed by atoms with Crippen LogP contribution in [-0.4, -0.2) is 71.4 Å². The van der Waals surface area contributed by atoms with Crippen molar-refractivity contribution in [3.63, 3.8) is 0 Å². The Morgan fingerprint density at radius 2 is 1.79 bits per heavy atom. The van der Waals surface area contributed by atoms with Gasteiger partial charge in [0.15, 0.2) is 5.65 Å². The lowest BCUT2D eigenvalue weighted by molar-refractivity contribution is -0.129. The number of hydrogen-bond acceptors (Lipinski definition) is 7. The van der Waals surface area contributed by atoms with Crippen molar-refractivity contribution in [2.45, 2.75) is 62.9 Å². The van der Waals surface area contributed by atoms with Gasteiger partial charge in [0.1, 0.15) is 23.2 Å². The average Bonchev–Trinajstić information content (AvgIpc) is 3.36. The molecule has 3 unspecified atom stereocenters. The van der Waals surface area contributed by atoms with E-state index in [4.69, 9.17) is 10.1 Å². The highest BCUT2D eigenvalue weighted by molar-refractivity contribution is 5.93. The van der Waals surface area contributed by atoms with Crippen molar-refractivity contribution in [1.82, 2.24) is 19.9 Å². The molecule has 208 valence electrons. The van der Waals surface area contributed by atoms with E-state index in [1.165, 1.54) is 12.1 Å². The second-order valence-electron chi connectivity index (χ2n) is 11.9. The van der Waals surface area contributed by atoms with Crippen LogP contribution < -0.4 is 15.1 Å². The second kappa shape index (κ2) is 10.5. The van der Waals surface area contributed by atoms with Crippen LogP contribution in [0.3, 0.4) is 0 Å². The van der Waals surface area contributed by atoms with Crippen molar-refractivity contribution >= 4 is 23.1 Å². The van der Waals surface area contributed by atoms with E-state index < -0.39 is 5.41 Å². The molecule has 2 fully saturated rings. The minimum absolute atomic E-state index is 0.00490. The Morgan fingerprint density at radius 1 is 1.05 bits per heavy atom. The number of aliphatic hydroxyl groups excluding tert-OH is 1. The number of Topliss-reactive ketones (excluding diaryl/α,β-unsaturated/α-hetero) is 1. The molecule has 2 aliphatic heterocycles. The number of carbonyl (C=O) groups is 1. The summed E-state index contributed by atoms with van der Waals surface area (Å²) in [6.45, 7) is 5.37. The zero-order chi connectivity index (χ0) is 27.1. The summed E-state index contributed by atoms with van der Waals surface area (Å²) >= 11 is 0. The summed E-state index contributed by atoms with van der Waals surface area (Å²) in [5.74, 6) is 1.57. The van der Waals surface area contributed by atoms with Crippen molar-refractivity contribution < 1.29 is 14.3 Å². The summed E-state index contributed by atoms with van der Waals surface area (Å²) in [4.78, 5) is 23.8. The Kier molecular flexibility index (Phi) is 7.05. The number of hydrogen-bond donors (Lipinski definition) is 2. The fraction of sp³-hybridized carbons (Fsp3) is 0.567. The Bertz CT molecular complexity index is 1340. The Morgan fingerprint density at radius 3 is 2.54 bits per heavy atom. The lowest BCUT2D eigenvalue weighted by Crippen LogP contribution is -2.51. The monoisotopic (exact) mass is 534 g/mol. The van der Waals surface area contributed by atoms with E-state index in [-0.39, 0.29) is 29.5 Å². The van der Waals surface area contributed by atoms with Crippen LogP contribution in [0.1, 0.15) is 62.6 Å². The van der Waals surface area contributed by atoms with Gasteiger partial charge in [0.2, 0.25) is 0 Å². The number of nitrogens with one attached hydrogen (secondary N) is 1. The second-order valence-corrected chi connectivity index (χ2v) is 11.9. The van der Waals surface area contributed by atoms with Gasteiger partial charge < -0.3 is 20.2 Å². The van der Waals surface area contributed by atoms with Crippen LogP contribution in [0.15, 0.2) is 36.4 Å². The van der Waals surface area contributed by atoms with E-state index >= 15 is 0 Å². The SMILES string of the molecule is CN1CCCCNCC(C)(c2ccc(F)cc2)C(=O)C2CCCCC2c2cc3nc(N4CC(O)C4)cc1n3n2. The molecule has 3 aliphatic rings. The lowest BCUT2D eigenvalue weighted by Gasteiger charge is -2.37. The summed E-state index contributed by atoms with van der Waals surface area (Å²) in [7, 11) is 2.09. The molecule has 0 amide bonds. The van der Waals surface area contributed by atoms with Crippen LogP contribution in [0, 0.1) is 11.7 Å². The van der Waals surface area contributed by atoms with Gasteiger partial charge in [0.25, 0.3) is 0 Å². The minimum atomic E-state index is -0.765. The fourth-order valence-corrected chi connectivity index (χ4v) is 6.63. The highest BCUT2D eigenvalue weighted by Crippen LogP contribution is 2.43. The lowest BCUT2D eigenvalue weighted by atomic mass is 9.66. The zero-order valence-corrected chi connectivity index (χ0v) is 22.9. The summed E-state index contributed by atoms with van der Waals surface area (Å²) in [6.07, 6.45) is 5.44. The molecular weight excluding hydrogens is 495 g/mol. The number of ketones is 1. The van der Waals surface area contributed by atoms with Gasteiger partial charge >= 0.3 is 0 Å². The largest absolute Gasteiger partial charge is 0.389 e. The van der Waals surface area contributed by atoms with Gasteiger partial charge in [-0.15, -0.1) is 0 Å². The fourth-order valence-electron chi connectivity index (χ4n) is 6.63. The van der Waals surface area contributed by atoms with E-state index in [1.807, 2.05) is 11.4 Å². The molecule has 6 rings (SSSR count). The first-order chi connectivity index (χ1) is 18.8. The van der Waals surface area contributed by atoms with Gasteiger partial charge in [-0.2, -0.15) is 9.61 Å². The Labute approximate surface area is 229 Å². The molecule has 8 nitrogen and oxygen atoms in total. The summed E-state index contributed by atoms with van der Waals surface area (Å²) in [5.41, 5.74) is 1.78. The number of nitrogens with zero attached hydrogens (tertiary/aromatic N) is 5. The first kappa shape index (κ1) is 26.2. The predicted molar refractivity (Wildman–Crippen MR) is 150 cm³/mol. The van der Waals surface area contributed by atoms with Crippen molar-refractivity contribution in [2.75, 3.05) is 49.6 Å². The highest BCUT2D eigenvalue weighted by atomic mass is 19.1. The number of rotatable bonds is 2. The first-order valence-electron chi connectivity index (χ1n) is 14.4. The molecular formula is C30H39FN6O2. The third kappa shape index (κ3) is 4.91. The first-order valence-corrected chi connectivity index (χ1v) is 14.4.